The summed E-state index contributed by atoms with van der Waals surface area (Å²) in [5.74, 6) is 0.0575. The Morgan fingerprint density at radius 1 is 1.07 bits per heavy atom. The van der Waals surface area contributed by atoms with Gasteiger partial charge in [-0.15, -0.1) is 0 Å². The molecule has 2 N–H and O–H groups in total. The number of hydrogen-bond acceptors (Lipinski definition) is 4. The molecule has 1 saturated heterocycles. The maximum Gasteiger partial charge on any atom is 0.240 e. The van der Waals surface area contributed by atoms with Crippen LogP contribution in [0.25, 0.3) is 0 Å². The molecule has 7 heteroatoms. The Balaban J connectivity index is 1.40. The van der Waals surface area contributed by atoms with Crippen LogP contribution in [0.3, 0.4) is 0 Å². The minimum atomic E-state index is -3.51. The first-order valence-electron chi connectivity index (χ1n) is 10.7. The fourth-order valence-electron chi connectivity index (χ4n) is 4.76. The van der Waals surface area contributed by atoms with Crippen molar-refractivity contribution in [2.75, 3.05) is 19.6 Å². The lowest BCUT2D eigenvalue weighted by Gasteiger charge is -2.18. The zero-order valence-corrected chi connectivity index (χ0v) is 17.3. The summed E-state index contributed by atoms with van der Waals surface area (Å²) >= 11 is 0. The maximum absolute atomic E-state index is 12.8. The summed E-state index contributed by atoms with van der Waals surface area (Å²) in [7, 11) is -3.51. The number of carbonyl (C=O) groups excluding carboxylic acids is 1. The molecule has 4 rings (SSSR count). The minimum absolute atomic E-state index is 0.0549. The normalized spacial score (nSPS) is 23.2. The van der Waals surface area contributed by atoms with Crippen molar-refractivity contribution >= 4 is 15.9 Å². The molecule has 1 atom stereocenters. The number of aryl methyl sites for hydroxylation is 1. The SMILES string of the molecule is O=C(CCN1CCCC1)NC1CCc2ccc(S(=O)(=O)NC3CCCC3)cc21. The van der Waals surface area contributed by atoms with Gasteiger partial charge in [-0.2, -0.15) is 0 Å². The number of sulfonamides is 1. The van der Waals surface area contributed by atoms with Crippen LogP contribution in [-0.4, -0.2) is 44.9 Å². The molecule has 2 aliphatic carbocycles. The number of benzene rings is 1. The zero-order valence-electron chi connectivity index (χ0n) is 16.5. The number of nitrogens with one attached hydrogen (secondary N) is 2. The average Bonchev–Trinajstić information content (AvgIpc) is 3.42. The van der Waals surface area contributed by atoms with Crippen molar-refractivity contribution in [2.45, 2.75) is 74.8 Å². The van der Waals surface area contributed by atoms with Gasteiger partial charge in [-0.25, -0.2) is 13.1 Å². The molecule has 28 heavy (non-hydrogen) atoms. The van der Waals surface area contributed by atoms with Crippen LogP contribution < -0.4 is 10.0 Å². The predicted molar refractivity (Wildman–Crippen MR) is 109 cm³/mol. The van der Waals surface area contributed by atoms with Crippen molar-refractivity contribution in [3.05, 3.63) is 29.3 Å². The molecule has 1 aromatic carbocycles. The molecule has 1 amide bonds. The summed E-state index contributed by atoms with van der Waals surface area (Å²) in [5.41, 5.74) is 2.11. The Hall–Kier alpha value is -1.44. The summed E-state index contributed by atoms with van der Waals surface area (Å²) in [6.45, 7) is 2.99. The Morgan fingerprint density at radius 3 is 2.57 bits per heavy atom. The molecule has 0 aromatic heterocycles. The molecular formula is C21H31N3O3S. The molecule has 6 nitrogen and oxygen atoms in total. The first-order valence-corrected chi connectivity index (χ1v) is 12.2. The molecule has 2 fully saturated rings. The van der Waals surface area contributed by atoms with Crippen molar-refractivity contribution in [1.82, 2.24) is 14.9 Å². The monoisotopic (exact) mass is 405 g/mol. The topological polar surface area (TPSA) is 78.5 Å². The third-order valence-electron chi connectivity index (χ3n) is 6.37. The number of rotatable bonds is 7. The maximum atomic E-state index is 12.8. The molecule has 1 saturated carbocycles. The van der Waals surface area contributed by atoms with E-state index < -0.39 is 10.0 Å². The fourth-order valence-corrected chi connectivity index (χ4v) is 6.10. The van der Waals surface area contributed by atoms with Crippen LogP contribution in [0.4, 0.5) is 0 Å². The van der Waals surface area contributed by atoms with E-state index in [0.717, 1.165) is 69.3 Å². The minimum Gasteiger partial charge on any atom is -0.349 e. The van der Waals surface area contributed by atoms with E-state index >= 15 is 0 Å². The third kappa shape index (κ3) is 4.58. The highest BCUT2D eigenvalue weighted by atomic mass is 32.2. The standard InChI is InChI=1S/C21H31N3O3S/c25-21(11-14-24-12-3-4-13-24)22-20-10-8-16-7-9-18(15-19(16)20)28(26,27)23-17-5-1-2-6-17/h7,9,15,17,20,23H,1-6,8,10-14H2,(H,22,25). The Bertz CT molecular complexity index is 812. The Labute approximate surface area is 168 Å². The summed E-state index contributed by atoms with van der Waals surface area (Å²) in [5, 5.41) is 3.13. The van der Waals surface area contributed by atoms with E-state index in [9.17, 15) is 13.2 Å². The molecular weight excluding hydrogens is 374 g/mol. The third-order valence-corrected chi connectivity index (χ3v) is 7.89. The number of hydrogen-bond donors (Lipinski definition) is 2. The highest BCUT2D eigenvalue weighted by molar-refractivity contribution is 7.89. The summed E-state index contributed by atoms with van der Waals surface area (Å²) in [4.78, 5) is 15.1. The first kappa shape index (κ1) is 19.9. The number of amides is 1. The second kappa shape index (κ2) is 8.51. The number of likely N-dealkylation sites (tertiary alicyclic amines) is 1. The summed E-state index contributed by atoms with van der Waals surface area (Å²) in [6, 6.07) is 5.36. The van der Waals surface area contributed by atoms with E-state index in [1.807, 2.05) is 6.07 Å². The first-order chi connectivity index (χ1) is 13.5. The van der Waals surface area contributed by atoms with Gasteiger partial charge < -0.3 is 10.2 Å². The van der Waals surface area contributed by atoms with Crippen LogP contribution in [0, 0.1) is 0 Å². The highest BCUT2D eigenvalue weighted by Crippen LogP contribution is 2.33. The van der Waals surface area contributed by atoms with E-state index in [2.05, 4.69) is 14.9 Å². The smallest absolute Gasteiger partial charge is 0.240 e. The predicted octanol–water partition coefficient (Wildman–Crippen LogP) is 2.50. The van der Waals surface area contributed by atoms with Gasteiger partial charge in [0, 0.05) is 19.0 Å². The summed E-state index contributed by atoms with van der Waals surface area (Å²) in [6.07, 6.45) is 8.68. The highest BCUT2D eigenvalue weighted by Gasteiger charge is 2.28. The molecule has 0 radical (unpaired) electrons. The van der Waals surface area contributed by atoms with Crippen molar-refractivity contribution in [2.24, 2.45) is 0 Å². The van der Waals surface area contributed by atoms with Gasteiger partial charge >= 0.3 is 0 Å². The second-order valence-electron chi connectivity index (χ2n) is 8.42. The zero-order chi connectivity index (χ0) is 19.6. The average molecular weight is 406 g/mol. The molecule has 1 unspecified atom stereocenters. The van der Waals surface area contributed by atoms with Crippen molar-refractivity contribution in [1.29, 1.82) is 0 Å². The van der Waals surface area contributed by atoms with Crippen molar-refractivity contribution in [3.63, 3.8) is 0 Å². The van der Waals surface area contributed by atoms with Gasteiger partial charge in [0.05, 0.1) is 10.9 Å². The van der Waals surface area contributed by atoms with Crippen LogP contribution in [-0.2, 0) is 21.2 Å². The molecule has 1 heterocycles. The molecule has 154 valence electrons. The van der Waals surface area contributed by atoms with Gasteiger partial charge in [0.25, 0.3) is 0 Å². The van der Waals surface area contributed by atoms with Crippen LogP contribution in [0.1, 0.15) is 68.5 Å². The van der Waals surface area contributed by atoms with E-state index in [0.29, 0.717) is 11.3 Å². The van der Waals surface area contributed by atoms with Gasteiger partial charge in [-0.3, -0.25) is 4.79 Å². The lowest BCUT2D eigenvalue weighted by atomic mass is 10.1. The molecule has 3 aliphatic rings. The van der Waals surface area contributed by atoms with E-state index in [1.54, 1.807) is 12.1 Å². The molecule has 1 aliphatic heterocycles. The molecule has 0 spiro atoms. The number of nitrogens with zero attached hydrogens (tertiary/aromatic N) is 1. The number of carbonyl (C=O) groups is 1. The fraction of sp³-hybridized carbons (Fsp3) is 0.667. The lowest BCUT2D eigenvalue weighted by molar-refractivity contribution is -0.122. The molecule has 1 aromatic rings. The van der Waals surface area contributed by atoms with Gasteiger partial charge in [-0.1, -0.05) is 18.9 Å². The second-order valence-corrected chi connectivity index (χ2v) is 10.1. The van der Waals surface area contributed by atoms with Crippen LogP contribution >= 0.6 is 0 Å². The van der Waals surface area contributed by atoms with Gasteiger partial charge in [0.1, 0.15) is 0 Å². The van der Waals surface area contributed by atoms with Crippen LogP contribution in [0.15, 0.2) is 23.1 Å². The van der Waals surface area contributed by atoms with E-state index in [4.69, 9.17) is 0 Å². The van der Waals surface area contributed by atoms with E-state index in [-0.39, 0.29) is 18.0 Å². The Morgan fingerprint density at radius 2 is 1.82 bits per heavy atom. The van der Waals surface area contributed by atoms with Gasteiger partial charge in [0.2, 0.25) is 15.9 Å². The van der Waals surface area contributed by atoms with Crippen LogP contribution in [0.5, 0.6) is 0 Å². The molecule has 0 bridgehead atoms. The summed E-state index contributed by atoms with van der Waals surface area (Å²) < 4.78 is 28.4. The largest absolute Gasteiger partial charge is 0.349 e. The van der Waals surface area contributed by atoms with Gasteiger partial charge in [0.15, 0.2) is 0 Å². The lowest BCUT2D eigenvalue weighted by Crippen LogP contribution is -2.33. The van der Waals surface area contributed by atoms with E-state index in [1.165, 1.54) is 12.8 Å². The van der Waals surface area contributed by atoms with Crippen molar-refractivity contribution < 1.29 is 13.2 Å². The van der Waals surface area contributed by atoms with Gasteiger partial charge in [-0.05, 0) is 74.9 Å². The van der Waals surface area contributed by atoms with Crippen molar-refractivity contribution in [3.8, 4) is 0 Å². The van der Waals surface area contributed by atoms with Crippen LogP contribution in [0.2, 0.25) is 0 Å². The Kier molecular flexibility index (Phi) is 6.04. The quantitative estimate of drug-likeness (QED) is 0.731. The number of fused-ring (bicyclic) bond motifs is 1.